The topological polar surface area (TPSA) is 65.9 Å². The van der Waals surface area contributed by atoms with Gasteiger partial charge < -0.3 is 14.7 Å². The Kier molecular flexibility index (Phi) is 6.87. The summed E-state index contributed by atoms with van der Waals surface area (Å²) in [6, 6.07) is 15.4. The lowest BCUT2D eigenvalue weighted by Crippen LogP contribution is -2.46. The largest absolute Gasteiger partial charge is 0.489 e. The van der Waals surface area contributed by atoms with Crippen LogP contribution in [0.25, 0.3) is 0 Å². The molecule has 6 nitrogen and oxygen atoms in total. The number of carboxylic acid groups (broad SMARTS) is 1. The van der Waals surface area contributed by atoms with Crippen LogP contribution in [0.2, 0.25) is 5.02 Å². The van der Waals surface area contributed by atoms with Gasteiger partial charge in [0.1, 0.15) is 29.6 Å². The van der Waals surface area contributed by atoms with Gasteiger partial charge in [0, 0.05) is 49.5 Å². The summed E-state index contributed by atoms with van der Waals surface area (Å²) in [5.41, 5.74) is 1.79. The molecule has 1 aliphatic heterocycles. The van der Waals surface area contributed by atoms with Crippen molar-refractivity contribution in [2.75, 3.05) is 31.1 Å². The number of piperazine rings is 1. The fraction of sp³-hybridized carbons (Fsp3) is 0.250. The van der Waals surface area contributed by atoms with Crippen LogP contribution in [0.3, 0.4) is 0 Å². The summed E-state index contributed by atoms with van der Waals surface area (Å²) in [6.45, 7) is 3.93. The Bertz CT molecular complexity index is 1090. The zero-order chi connectivity index (χ0) is 22.5. The quantitative estimate of drug-likeness (QED) is 0.567. The summed E-state index contributed by atoms with van der Waals surface area (Å²) in [5.74, 6) is -0.117. The maximum Gasteiger partial charge on any atom is 0.339 e. The van der Waals surface area contributed by atoms with Gasteiger partial charge in [-0.2, -0.15) is 0 Å². The third kappa shape index (κ3) is 5.36. The molecule has 2 heterocycles. The minimum atomic E-state index is -0.962. The first-order valence-corrected chi connectivity index (χ1v) is 10.7. The average molecular weight is 456 g/mol. The van der Waals surface area contributed by atoms with Gasteiger partial charge in [0.2, 0.25) is 0 Å². The Hall–Kier alpha value is -3.16. The van der Waals surface area contributed by atoms with E-state index in [0.717, 1.165) is 25.2 Å². The molecule has 1 aromatic heterocycles. The van der Waals surface area contributed by atoms with Crippen molar-refractivity contribution in [1.82, 2.24) is 9.88 Å². The number of rotatable bonds is 7. The average Bonchev–Trinajstić information content (AvgIpc) is 2.81. The Labute approximate surface area is 190 Å². The molecule has 1 aliphatic rings. The number of nitrogens with zero attached hydrogens (tertiary/aromatic N) is 3. The van der Waals surface area contributed by atoms with Gasteiger partial charge in [0.05, 0.1) is 0 Å². The molecular weight excluding hydrogens is 433 g/mol. The molecule has 0 unspecified atom stereocenters. The highest BCUT2D eigenvalue weighted by Crippen LogP contribution is 2.21. The standard InChI is InChI=1S/C24H23ClFN3O3/c25-19-5-8-22(26)18(14-19)16-32-20-6-3-17(4-7-20)15-28-10-12-29(13-11-28)23-21(24(30)31)2-1-9-27-23/h1-9,14H,10-13,15-16H2,(H,30,31). The third-order valence-corrected chi connectivity index (χ3v) is 5.66. The first kappa shape index (κ1) is 22.0. The number of hydrogen-bond acceptors (Lipinski definition) is 5. The number of anilines is 1. The van der Waals surface area contributed by atoms with E-state index in [1.54, 1.807) is 24.4 Å². The van der Waals surface area contributed by atoms with Crippen LogP contribution in [0, 0.1) is 5.82 Å². The Morgan fingerprint density at radius 3 is 2.56 bits per heavy atom. The maximum absolute atomic E-state index is 13.8. The predicted molar refractivity (Wildman–Crippen MR) is 121 cm³/mol. The molecule has 2 aromatic carbocycles. The van der Waals surface area contributed by atoms with Crippen molar-refractivity contribution >= 4 is 23.4 Å². The number of aromatic carboxylic acids is 1. The van der Waals surface area contributed by atoms with Crippen molar-refractivity contribution in [2.45, 2.75) is 13.2 Å². The highest BCUT2D eigenvalue weighted by Gasteiger charge is 2.22. The minimum Gasteiger partial charge on any atom is -0.489 e. The highest BCUT2D eigenvalue weighted by atomic mass is 35.5. The van der Waals surface area contributed by atoms with E-state index >= 15 is 0 Å². The highest BCUT2D eigenvalue weighted by molar-refractivity contribution is 6.30. The van der Waals surface area contributed by atoms with Gasteiger partial charge in [0.15, 0.2) is 0 Å². The number of benzene rings is 2. The van der Waals surface area contributed by atoms with Crippen molar-refractivity contribution < 1.29 is 19.0 Å². The van der Waals surface area contributed by atoms with Gasteiger partial charge in [-0.1, -0.05) is 23.7 Å². The summed E-state index contributed by atoms with van der Waals surface area (Å²) < 4.78 is 19.5. The van der Waals surface area contributed by atoms with Crippen LogP contribution in [0.5, 0.6) is 5.75 Å². The zero-order valence-electron chi connectivity index (χ0n) is 17.4. The second-order valence-corrected chi connectivity index (χ2v) is 8.05. The van der Waals surface area contributed by atoms with E-state index in [0.29, 0.717) is 35.2 Å². The van der Waals surface area contributed by atoms with E-state index < -0.39 is 5.97 Å². The second-order valence-electron chi connectivity index (χ2n) is 7.61. The molecule has 3 aromatic rings. The number of aromatic nitrogens is 1. The molecule has 0 amide bonds. The number of carbonyl (C=O) groups is 1. The number of pyridine rings is 1. The van der Waals surface area contributed by atoms with Crippen LogP contribution in [-0.2, 0) is 13.2 Å². The summed E-state index contributed by atoms with van der Waals surface area (Å²) in [6.07, 6.45) is 1.62. The molecule has 0 radical (unpaired) electrons. The first-order chi connectivity index (χ1) is 15.5. The summed E-state index contributed by atoms with van der Waals surface area (Å²) in [4.78, 5) is 20.1. The SMILES string of the molecule is O=C(O)c1cccnc1N1CCN(Cc2ccc(OCc3cc(Cl)ccc3F)cc2)CC1. The number of hydrogen-bond donors (Lipinski definition) is 1. The molecule has 32 heavy (non-hydrogen) atoms. The summed E-state index contributed by atoms with van der Waals surface area (Å²) >= 11 is 5.92. The van der Waals surface area contributed by atoms with Gasteiger partial charge in [0.25, 0.3) is 0 Å². The minimum absolute atomic E-state index is 0.111. The van der Waals surface area contributed by atoms with Crippen LogP contribution in [0.15, 0.2) is 60.8 Å². The predicted octanol–water partition coefficient (Wildman–Crippen LogP) is 4.47. The maximum atomic E-state index is 13.8. The van der Waals surface area contributed by atoms with E-state index in [4.69, 9.17) is 16.3 Å². The molecule has 166 valence electrons. The van der Waals surface area contributed by atoms with E-state index in [2.05, 4.69) is 9.88 Å². The Morgan fingerprint density at radius 2 is 1.84 bits per heavy atom. The van der Waals surface area contributed by atoms with Gasteiger partial charge in [-0.25, -0.2) is 14.2 Å². The van der Waals surface area contributed by atoms with Crippen molar-refractivity contribution in [1.29, 1.82) is 0 Å². The van der Waals surface area contributed by atoms with Gasteiger partial charge in [-0.3, -0.25) is 4.90 Å². The van der Waals surface area contributed by atoms with E-state index in [1.165, 1.54) is 12.1 Å². The van der Waals surface area contributed by atoms with Gasteiger partial charge in [-0.05, 0) is 48.0 Å². The number of halogens is 2. The molecule has 0 bridgehead atoms. The Balaban J connectivity index is 1.29. The first-order valence-electron chi connectivity index (χ1n) is 10.3. The molecule has 8 heteroatoms. The lowest BCUT2D eigenvalue weighted by molar-refractivity contribution is 0.0697. The van der Waals surface area contributed by atoms with Crippen LogP contribution in [-0.4, -0.2) is 47.1 Å². The monoisotopic (exact) mass is 455 g/mol. The van der Waals surface area contributed by atoms with E-state index in [-0.39, 0.29) is 18.0 Å². The zero-order valence-corrected chi connectivity index (χ0v) is 18.1. The van der Waals surface area contributed by atoms with E-state index in [1.807, 2.05) is 29.2 Å². The third-order valence-electron chi connectivity index (χ3n) is 5.42. The van der Waals surface area contributed by atoms with Crippen LogP contribution >= 0.6 is 11.6 Å². The second kappa shape index (κ2) is 9.97. The number of ether oxygens (including phenoxy) is 1. The molecular formula is C24H23ClFN3O3. The van der Waals surface area contributed by atoms with Gasteiger partial charge in [-0.15, -0.1) is 0 Å². The molecule has 1 saturated heterocycles. The lowest BCUT2D eigenvalue weighted by Gasteiger charge is -2.35. The van der Waals surface area contributed by atoms with Crippen LogP contribution in [0.4, 0.5) is 10.2 Å². The molecule has 0 saturated carbocycles. The molecule has 0 aliphatic carbocycles. The van der Waals surface area contributed by atoms with Crippen molar-refractivity contribution in [3.63, 3.8) is 0 Å². The summed E-state index contributed by atoms with van der Waals surface area (Å²) in [7, 11) is 0. The van der Waals surface area contributed by atoms with Gasteiger partial charge >= 0.3 is 5.97 Å². The number of carboxylic acids is 1. The normalized spacial score (nSPS) is 14.4. The van der Waals surface area contributed by atoms with Crippen LogP contribution < -0.4 is 9.64 Å². The molecule has 1 N–H and O–H groups in total. The summed E-state index contributed by atoms with van der Waals surface area (Å²) in [5, 5.41) is 9.86. The molecule has 1 fully saturated rings. The fourth-order valence-electron chi connectivity index (χ4n) is 3.70. The lowest BCUT2D eigenvalue weighted by atomic mass is 10.1. The smallest absolute Gasteiger partial charge is 0.339 e. The molecule has 0 spiro atoms. The van der Waals surface area contributed by atoms with Crippen molar-refractivity contribution in [3.05, 3.63) is 88.3 Å². The van der Waals surface area contributed by atoms with Crippen molar-refractivity contribution in [3.8, 4) is 5.75 Å². The molecule has 4 rings (SSSR count). The molecule has 0 atom stereocenters. The Morgan fingerprint density at radius 1 is 1.09 bits per heavy atom. The fourth-order valence-corrected chi connectivity index (χ4v) is 3.89. The van der Waals surface area contributed by atoms with Crippen LogP contribution in [0.1, 0.15) is 21.5 Å². The van der Waals surface area contributed by atoms with Crippen molar-refractivity contribution in [2.24, 2.45) is 0 Å². The van der Waals surface area contributed by atoms with E-state index in [9.17, 15) is 14.3 Å².